The number of Topliss-reactive ketones (excluding diaryl/α,β-unsaturated/α-hetero) is 1. The van der Waals surface area contributed by atoms with Gasteiger partial charge in [-0.3, -0.25) is 9.59 Å². The largest absolute Gasteiger partial charge is 0.507 e. The zero-order chi connectivity index (χ0) is 22.2. The average molecular weight is 425 g/mol. The van der Waals surface area contributed by atoms with E-state index in [4.69, 9.17) is 4.74 Å². The third kappa shape index (κ3) is 3.46. The number of fused-ring (bicyclic) bond motifs is 1. The summed E-state index contributed by atoms with van der Waals surface area (Å²) in [6.45, 7) is 2.27. The first-order chi connectivity index (χ1) is 15.5. The Kier molecular flexibility index (Phi) is 5.02. The van der Waals surface area contributed by atoms with Crippen molar-refractivity contribution in [1.29, 1.82) is 0 Å². The summed E-state index contributed by atoms with van der Waals surface area (Å²) in [5.74, 6) is -0.645. The fourth-order valence-corrected chi connectivity index (χ4v) is 4.53. The molecule has 2 aliphatic heterocycles. The molecule has 2 heterocycles. The van der Waals surface area contributed by atoms with Crippen molar-refractivity contribution in [2.24, 2.45) is 0 Å². The predicted molar refractivity (Wildman–Crippen MR) is 121 cm³/mol. The van der Waals surface area contributed by atoms with Gasteiger partial charge in [-0.2, -0.15) is 0 Å². The molecular weight excluding hydrogens is 402 g/mol. The number of hydrogen-bond donors (Lipinski definition) is 1. The number of carbonyl (C=O) groups excluding carboxylic acids is 2. The van der Waals surface area contributed by atoms with E-state index in [-0.39, 0.29) is 24.0 Å². The maximum absolute atomic E-state index is 13.2. The van der Waals surface area contributed by atoms with Gasteiger partial charge in [0, 0.05) is 18.5 Å². The molecule has 0 saturated carbocycles. The molecule has 1 saturated heterocycles. The molecule has 5 rings (SSSR count). The van der Waals surface area contributed by atoms with E-state index >= 15 is 0 Å². The van der Waals surface area contributed by atoms with Crippen molar-refractivity contribution in [3.05, 3.63) is 107 Å². The highest BCUT2D eigenvalue weighted by Gasteiger charge is 2.46. The van der Waals surface area contributed by atoms with Crippen molar-refractivity contribution < 1.29 is 19.4 Å². The summed E-state index contributed by atoms with van der Waals surface area (Å²) in [5.41, 5.74) is 3.31. The highest BCUT2D eigenvalue weighted by atomic mass is 16.5. The molecule has 1 N–H and O–H groups in total. The number of aliphatic hydroxyl groups excluding tert-OH is 1. The van der Waals surface area contributed by atoms with E-state index < -0.39 is 17.7 Å². The van der Waals surface area contributed by atoms with E-state index in [9.17, 15) is 14.7 Å². The molecule has 5 heteroatoms. The van der Waals surface area contributed by atoms with Crippen LogP contribution in [0.3, 0.4) is 0 Å². The Bertz CT molecular complexity index is 1220. The molecule has 0 aromatic heterocycles. The number of rotatable bonds is 4. The van der Waals surface area contributed by atoms with E-state index in [1.807, 2.05) is 79.7 Å². The van der Waals surface area contributed by atoms with Gasteiger partial charge in [0.15, 0.2) is 0 Å². The van der Waals surface area contributed by atoms with Gasteiger partial charge in [0.05, 0.1) is 11.6 Å². The highest BCUT2D eigenvalue weighted by molar-refractivity contribution is 6.46. The lowest BCUT2D eigenvalue weighted by atomic mass is 9.94. The fraction of sp³-hybridized carbons (Fsp3) is 0.185. The van der Waals surface area contributed by atoms with Gasteiger partial charge < -0.3 is 14.7 Å². The minimum absolute atomic E-state index is 0.0724. The average Bonchev–Trinajstić information content (AvgIpc) is 3.31. The fourth-order valence-electron chi connectivity index (χ4n) is 4.53. The van der Waals surface area contributed by atoms with Gasteiger partial charge in [-0.1, -0.05) is 60.7 Å². The van der Waals surface area contributed by atoms with Gasteiger partial charge in [0.25, 0.3) is 11.7 Å². The van der Waals surface area contributed by atoms with Gasteiger partial charge in [0.2, 0.25) is 0 Å². The summed E-state index contributed by atoms with van der Waals surface area (Å²) >= 11 is 0. The normalized spacial score (nSPS) is 21.5. The first-order valence-corrected chi connectivity index (χ1v) is 10.7. The Morgan fingerprint density at radius 3 is 2.41 bits per heavy atom. The van der Waals surface area contributed by atoms with Crippen molar-refractivity contribution >= 4 is 17.4 Å². The van der Waals surface area contributed by atoms with Gasteiger partial charge in [-0.15, -0.1) is 0 Å². The highest BCUT2D eigenvalue weighted by Crippen LogP contribution is 2.41. The summed E-state index contributed by atoms with van der Waals surface area (Å²) in [6, 6.07) is 23.6. The smallest absolute Gasteiger partial charge is 0.295 e. The van der Waals surface area contributed by atoms with Crippen LogP contribution in [-0.4, -0.2) is 27.8 Å². The summed E-state index contributed by atoms with van der Waals surface area (Å²) in [4.78, 5) is 27.8. The van der Waals surface area contributed by atoms with Crippen LogP contribution >= 0.6 is 0 Å². The van der Waals surface area contributed by atoms with E-state index in [1.165, 1.54) is 4.90 Å². The minimum atomic E-state index is -0.669. The number of benzene rings is 3. The standard InChI is InChI=1S/C27H23NO4/c1-17-14-21-15-20(12-13-22(21)32-17)25(29)23-24(19-10-6-3-7-11-19)28(27(31)26(23)30)16-18-8-4-2-5-9-18/h2-13,15,17,24,29H,14,16H2,1H3/b25-23+. The van der Waals surface area contributed by atoms with Gasteiger partial charge in [-0.25, -0.2) is 0 Å². The van der Waals surface area contributed by atoms with Crippen molar-refractivity contribution in [3.63, 3.8) is 0 Å². The van der Waals surface area contributed by atoms with Crippen LogP contribution in [0.15, 0.2) is 84.4 Å². The number of nitrogens with zero attached hydrogens (tertiary/aromatic N) is 1. The third-order valence-corrected chi connectivity index (χ3v) is 6.02. The number of ketones is 1. The molecule has 0 radical (unpaired) electrons. The van der Waals surface area contributed by atoms with Crippen LogP contribution in [0.25, 0.3) is 5.76 Å². The quantitative estimate of drug-likeness (QED) is 0.376. The molecular formula is C27H23NO4. The number of hydrogen-bond acceptors (Lipinski definition) is 4. The molecule has 2 unspecified atom stereocenters. The maximum atomic E-state index is 13.2. The third-order valence-electron chi connectivity index (χ3n) is 6.02. The van der Waals surface area contributed by atoms with Crippen LogP contribution in [-0.2, 0) is 22.6 Å². The Labute approximate surface area is 186 Å². The lowest BCUT2D eigenvalue weighted by molar-refractivity contribution is -0.140. The molecule has 2 aliphatic rings. The zero-order valence-electron chi connectivity index (χ0n) is 17.7. The second-order valence-electron chi connectivity index (χ2n) is 8.28. The van der Waals surface area contributed by atoms with Crippen molar-refractivity contribution in [3.8, 4) is 5.75 Å². The molecule has 2 atom stereocenters. The molecule has 0 aliphatic carbocycles. The van der Waals surface area contributed by atoms with E-state index in [2.05, 4.69) is 0 Å². The van der Waals surface area contributed by atoms with Crippen LogP contribution in [0.2, 0.25) is 0 Å². The first kappa shape index (κ1) is 20.1. The molecule has 1 amide bonds. The number of ether oxygens (including phenoxy) is 1. The predicted octanol–water partition coefficient (Wildman–Crippen LogP) is 4.63. The Morgan fingerprint density at radius 1 is 1.00 bits per heavy atom. The van der Waals surface area contributed by atoms with Crippen molar-refractivity contribution in [2.75, 3.05) is 0 Å². The van der Waals surface area contributed by atoms with Gasteiger partial charge in [0.1, 0.15) is 17.6 Å². The van der Waals surface area contributed by atoms with Crippen LogP contribution in [0.1, 0.15) is 35.2 Å². The summed E-state index contributed by atoms with van der Waals surface area (Å²) in [7, 11) is 0. The number of carbonyl (C=O) groups is 2. The Hall–Kier alpha value is -3.86. The van der Waals surface area contributed by atoms with Crippen LogP contribution < -0.4 is 4.74 Å². The summed E-state index contributed by atoms with van der Waals surface area (Å²) in [6.07, 6.45) is 0.809. The van der Waals surface area contributed by atoms with E-state index in [0.717, 1.165) is 28.9 Å². The molecule has 5 nitrogen and oxygen atoms in total. The Morgan fingerprint density at radius 2 is 1.69 bits per heavy atom. The van der Waals surface area contributed by atoms with Crippen molar-refractivity contribution in [1.82, 2.24) is 4.90 Å². The first-order valence-electron chi connectivity index (χ1n) is 10.7. The lowest BCUT2D eigenvalue weighted by Crippen LogP contribution is -2.29. The molecule has 0 bridgehead atoms. The molecule has 3 aromatic rings. The second-order valence-corrected chi connectivity index (χ2v) is 8.28. The number of amides is 1. The number of likely N-dealkylation sites (tertiary alicyclic amines) is 1. The molecule has 160 valence electrons. The van der Waals surface area contributed by atoms with Crippen molar-refractivity contribution in [2.45, 2.75) is 32.0 Å². The SMILES string of the molecule is CC1Cc2cc(/C(O)=C3\C(=O)C(=O)N(Cc4ccccc4)C3c3ccccc3)ccc2O1. The van der Waals surface area contributed by atoms with Crippen LogP contribution in [0.4, 0.5) is 0 Å². The summed E-state index contributed by atoms with van der Waals surface area (Å²) in [5, 5.41) is 11.3. The molecule has 3 aromatic carbocycles. The number of aliphatic hydroxyl groups is 1. The van der Waals surface area contributed by atoms with Gasteiger partial charge >= 0.3 is 0 Å². The lowest BCUT2D eigenvalue weighted by Gasteiger charge is -2.25. The maximum Gasteiger partial charge on any atom is 0.295 e. The van der Waals surface area contributed by atoms with Crippen LogP contribution in [0, 0.1) is 0 Å². The minimum Gasteiger partial charge on any atom is -0.507 e. The second kappa shape index (κ2) is 8.00. The molecule has 1 fully saturated rings. The van der Waals surface area contributed by atoms with Crippen LogP contribution in [0.5, 0.6) is 5.75 Å². The van der Waals surface area contributed by atoms with E-state index in [1.54, 1.807) is 6.07 Å². The van der Waals surface area contributed by atoms with E-state index in [0.29, 0.717) is 5.56 Å². The Balaban J connectivity index is 1.62. The summed E-state index contributed by atoms with van der Waals surface area (Å²) < 4.78 is 5.75. The molecule has 32 heavy (non-hydrogen) atoms. The van der Waals surface area contributed by atoms with Gasteiger partial charge in [-0.05, 0) is 41.8 Å². The monoisotopic (exact) mass is 425 g/mol. The topological polar surface area (TPSA) is 66.8 Å². The zero-order valence-corrected chi connectivity index (χ0v) is 17.7. The molecule has 0 spiro atoms.